The van der Waals surface area contributed by atoms with Crippen molar-refractivity contribution >= 4 is 11.9 Å². The number of rotatable bonds is 3. The molecule has 0 aliphatic heterocycles. The first kappa shape index (κ1) is 16.3. The predicted octanol–water partition coefficient (Wildman–Crippen LogP) is 4.53. The number of aryl methyl sites for hydroxylation is 2. The van der Waals surface area contributed by atoms with E-state index in [0.29, 0.717) is 5.75 Å². The molecule has 2 aromatic carbocycles. The summed E-state index contributed by atoms with van der Waals surface area (Å²) >= 11 is 0. The van der Waals surface area contributed by atoms with Gasteiger partial charge >= 0.3 is 0 Å². The largest absolute Gasteiger partial charge is 0.497 e. The molecule has 0 N–H and O–H groups in total. The summed E-state index contributed by atoms with van der Waals surface area (Å²) in [5, 5.41) is 0. The summed E-state index contributed by atoms with van der Waals surface area (Å²) in [4.78, 5) is 12.9. The van der Waals surface area contributed by atoms with Crippen LogP contribution in [-0.4, -0.2) is 20.0 Å². The van der Waals surface area contributed by atoms with Crippen LogP contribution in [0.4, 0.5) is 0 Å². The number of allylic oxidation sites excluding steroid dienone is 1. The van der Waals surface area contributed by atoms with E-state index in [1.165, 1.54) is 11.1 Å². The van der Waals surface area contributed by atoms with Crippen LogP contribution in [0.1, 0.15) is 39.0 Å². The molecular formula is C21H22O3. The zero-order chi connectivity index (χ0) is 17.3. The number of fused-ring (bicyclic) bond motifs is 1. The van der Waals surface area contributed by atoms with E-state index in [9.17, 15) is 4.79 Å². The molecule has 3 heteroatoms. The van der Waals surface area contributed by atoms with Gasteiger partial charge in [-0.05, 0) is 62.1 Å². The van der Waals surface area contributed by atoms with Crippen molar-refractivity contribution in [1.29, 1.82) is 0 Å². The highest BCUT2D eigenvalue weighted by Crippen LogP contribution is 2.32. The van der Waals surface area contributed by atoms with Crippen LogP contribution >= 0.6 is 0 Å². The Bertz CT molecular complexity index is 831. The van der Waals surface area contributed by atoms with Gasteiger partial charge in [0.05, 0.1) is 14.2 Å². The van der Waals surface area contributed by atoms with E-state index in [0.717, 1.165) is 40.9 Å². The summed E-state index contributed by atoms with van der Waals surface area (Å²) in [5.74, 6) is 1.57. The van der Waals surface area contributed by atoms with Gasteiger partial charge in [-0.3, -0.25) is 4.79 Å². The normalized spacial score (nSPS) is 15.3. The molecule has 3 nitrogen and oxygen atoms in total. The van der Waals surface area contributed by atoms with E-state index in [1.54, 1.807) is 14.2 Å². The molecular weight excluding hydrogens is 300 g/mol. The summed E-state index contributed by atoms with van der Waals surface area (Å²) in [6.45, 7) is 4.12. The number of hydrogen-bond donors (Lipinski definition) is 0. The van der Waals surface area contributed by atoms with Crippen LogP contribution in [0.3, 0.4) is 0 Å². The Labute approximate surface area is 142 Å². The molecule has 0 radical (unpaired) electrons. The van der Waals surface area contributed by atoms with Crippen molar-refractivity contribution in [2.45, 2.75) is 26.7 Å². The molecule has 0 heterocycles. The fourth-order valence-electron chi connectivity index (χ4n) is 3.34. The lowest BCUT2D eigenvalue weighted by molar-refractivity contribution is 0.102. The monoisotopic (exact) mass is 322 g/mol. The first-order valence-corrected chi connectivity index (χ1v) is 8.11. The molecule has 0 spiro atoms. The van der Waals surface area contributed by atoms with Crippen LogP contribution in [-0.2, 0) is 6.42 Å². The number of carbonyl (C=O) groups excluding carboxylic acids is 1. The van der Waals surface area contributed by atoms with E-state index >= 15 is 0 Å². The number of carbonyl (C=O) groups is 1. The van der Waals surface area contributed by atoms with Crippen molar-refractivity contribution in [1.82, 2.24) is 0 Å². The lowest BCUT2D eigenvalue weighted by Gasteiger charge is -2.20. The summed E-state index contributed by atoms with van der Waals surface area (Å²) in [6, 6.07) is 9.79. The fourth-order valence-corrected chi connectivity index (χ4v) is 3.34. The molecule has 1 aliphatic rings. The number of ether oxygens (including phenoxy) is 2. The van der Waals surface area contributed by atoms with Crippen LogP contribution in [0.2, 0.25) is 0 Å². The molecule has 0 aromatic heterocycles. The number of hydrogen-bond acceptors (Lipinski definition) is 3. The second kappa shape index (κ2) is 6.52. The summed E-state index contributed by atoms with van der Waals surface area (Å²) in [7, 11) is 3.25. The van der Waals surface area contributed by atoms with E-state index < -0.39 is 0 Å². The molecule has 2 aromatic rings. The van der Waals surface area contributed by atoms with Gasteiger partial charge in [0.1, 0.15) is 11.5 Å². The Balaban J connectivity index is 2.02. The SMILES string of the molecule is COc1ccc(/C=C2\CCc3c(C)cc(C)cc3C2=O)c(OC)c1. The molecule has 24 heavy (non-hydrogen) atoms. The molecule has 0 bridgehead atoms. The average Bonchev–Trinajstić information content (AvgIpc) is 2.58. The second-order valence-corrected chi connectivity index (χ2v) is 6.21. The van der Waals surface area contributed by atoms with Crippen molar-refractivity contribution in [2.24, 2.45) is 0 Å². The first-order chi connectivity index (χ1) is 11.5. The minimum atomic E-state index is 0.126. The maximum absolute atomic E-state index is 12.9. The maximum atomic E-state index is 12.9. The fraction of sp³-hybridized carbons (Fsp3) is 0.286. The third-order valence-electron chi connectivity index (χ3n) is 4.57. The molecule has 0 unspecified atom stereocenters. The van der Waals surface area contributed by atoms with Crippen molar-refractivity contribution in [3.05, 3.63) is 63.7 Å². The maximum Gasteiger partial charge on any atom is 0.189 e. The van der Waals surface area contributed by atoms with Crippen molar-refractivity contribution < 1.29 is 14.3 Å². The van der Waals surface area contributed by atoms with Gasteiger partial charge in [0.2, 0.25) is 0 Å². The second-order valence-electron chi connectivity index (χ2n) is 6.21. The van der Waals surface area contributed by atoms with Crippen LogP contribution in [0.15, 0.2) is 35.9 Å². The topological polar surface area (TPSA) is 35.5 Å². The van der Waals surface area contributed by atoms with Gasteiger partial charge in [-0.2, -0.15) is 0 Å². The van der Waals surface area contributed by atoms with Crippen LogP contribution in [0, 0.1) is 13.8 Å². The van der Waals surface area contributed by atoms with Gasteiger partial charge in [0.25, 0.3) is 0 Å². The van der Waals surface area contributed by atoms with Gasteiger partial charge in [-0.25, -0.2) is 0 Å². The lowest BCUT2D eigenvalue weighted by atomic mass is 9.83. The van der Waals surface area contributed by atoms with Crippen LogP contribution in [0.25, 0.3) is 6.08 Å². The summed E-state index contributed by atoms with van der Waals surface area (Å²) < 4.78 is 10.7. The third kappa shape index (κ3) is 2.94. The molecule has 1 aliphatic carbocycles. The van der Waals surface area contributed by atoms with Crippen molar-refractivity contribution in [2.75, 3.05) is 14.2 Å². The van der Waals surface area contributed by atoms with E-state index in [-0.39, 0.29) is 5.78 Å². The third-order valence-corrected chi connectivity index (χ3v) is 4.57. The Kier molecular flexibility index (Phi) is 4.43. The van der Waals surface area contributed by atoms with Gasteiger partial charge in [-0.1, -0.05) is 11.6 Å². The standard InChI is InChI=1S/C21H22O3/c1-13-9-14(2)18-8-6-16(21(22)19(18)10-13)11-15-5-7-17(23-3)12-20(15)24-4/h5,7,9-12H,6,8H2,1-4H3/b16-11+. The van der Waals surface area contributed by atoms with E-state index in [1.807, 2.05) is 37.3 Å². The zero-order valence-corrected chi connectivity index (χ0v) is 14.6. The molecule has 124 valence electrons. The van der Waals surface area contributed by atoms with Crippen LogP contribution in [0.5, 0.6) is 11.5 Å². The number of benzene rings is 2. The molecule has 3 rings (SSSR count). The quantitative estimate of drug-likeness (QED) is 0.779. The molecule has 0 atom stereocenters. The number of Topliss-reactive ketones (excluding diaryl/α,β-unsaturated/α-hetero) is 1. The smallest absolute Gasteiger partial charge is 0.189 e. The van der Waals surface area contributed by atoms with Gasteiger partial charge in [0, 0.05) is 22.8 Å². The zero-order valence-electron chi connectivity index (χ0n) is 14.6. The Morgan fingerprint density at radius 2 is 1.79 bits per heavy atom. The van der Waals surface area contributed by atoms with Crippen LogP contribution < -0.4 is 9.47 Å². The summed E-state index contributed by atoms with van der Waals surface area (Å²) in [6.07, 6.45) is 3.60. The minimum absolute atomic E-state index is 0.126. The Hall–Kier alpha value is -2.55. The Morgan fingerprint density at radius 1 is 1.00 bits per heavy atom. The summed E-state index contributed by atoms with van der Waals surface area (Å²) in [5.41, 5.74) is 6.09. The average molecular weight is 322 g/mol. The highest BCUT2D eigenvalue weighted by atomic mass is 16.5. The molecule has 0 saturated heterocycles. The number of ketones is 1. The highest BCUT2D eigenvalue weighted by molar-refractivity contribution is 6.13. The van der Waals surface area contributed by atoms with Gasteiger partial charge in [0.15, 0.2) is 5.78 Å². The number of methoxy groups -OCH3 is 2. The van der Waals surface area contributed by atoms with E-state index in [4.69, 9.17) is 9.47 Å². The van der Waals surface area contributed by atoms with Gasteiger partial charge in [-0.15, -0.1) is 0 Å². The highest BCUT2D eigenvalue weighted by Gasteiger charge is 2.23. The molecule has 0 fully saturated rings. The molecule has 0 amide bonds. The van der Waals surface area contributed by atoms with Crippen molar-refractivity contribution in [3.63, 3.8) is 0 Å². The van der Waals surface area contributed by atoms with Crippen molar-refractivity contribution in [3.8, 4) is 11.5 Å². The van der Waals surface area contributed by atoms with Gasteiger partial charge < -0.3 is 9.47 Å². The van der Waals surface area contributed by atoms with E-state index in [2.05, 4.69) is 13.0 Å². The predicted molar refractivity (Wildman–Crippen MR) is 96.1 cm³/mol. The minimum Gasteiger partial charge on any atom is -0.497 e. The molecule has 0 saturated carbocycles. The Morgan fingerprint density at radius 3 is 2.50 bits per heavy atom. The lowest BCUT2D eigenvalue weighted by Crippen LogP contribution is -2.15. The first-order valence-electron chi connectivity index (χ1n) is 8.11.